The predicted molar refractivity (Wildman–Crippen MR) is 68.5 cm³/mol. The number of hydrogen-bond donors (Lipinski definition) is 2. The molecular weight excluding hydrogens is 246 g/mol. The molecule has 1 rings (SSSR count). The summed E-state index contributed by atoms with van der Waals surface area (Å²) in [6.07, 6.45) is 3.23. The fourth-order valence-electron chi connectivity index (χ4n) is 1.46. The van der Waals surface area contributed by atoms with Crippen LogP contribution in [0.5, 0.6) is 0 Å². The minimum Gasteiger partial charge on any atom is -0.336 e. The van der Waals surface area contributed by atoms with E-state index >= 15 is 0 Å². The highest BCUT2D eigenvalue weighted by Crippen LogP contribution is 1.94. The maximum absolute atomic E-state index is 11.6. The molecule has 0 aromatic carbocycles. The molecule has 102 valence electrons. The summed E-state index contributed by atoms with van der Waals surface area (Å²) in [5.41, 5.74) is 0.516. The normalized spacial score (nSPS) is 10.1. The Kier molecular flexibility index (Phi) is 5.17. The molecule has 2 N–H and O–H groups in total. The highest BCUT2D eigenvalue weighted by Gasteiger charge is 2.14. The molecule has 3 amide bonds. The van der Waals surface area contributed by atoms with Gasteiger partial charge in [0.15, 0.2) is 18.2 Å². The van der Waals surface area contributed by atoms with Crippen molar-refractivity contribution in [2.45, 2.75) is 33.4 Å². The summed E-state index contributed by atoms with van der Waals surface area (Å²) in [6.45, 7) is 5.03. The topological polar surface area (TPSA) is 79.2 Å². The van der Waals surface area contributed by atoms with Gasteiger partial charge in [0.1, 0.15) is 0 Å². The van der Waals surface area contributed by atoms with Crippen LogP contribution in [0.15, 0.2) is 24.5 Å². The van der Waals surface area contributed by atoms with Crippen molar-refractivity contribution in [1.82, 2.24) is 10.6 Å². The number of amides is 3. The summed E-state index contributed by atoms with van der Waals surface area (Å²) in [5, 5.41) is 4.77. The van der Waals surface area contributed by atoms with Crippen molar-refractivity contribution in [2.75, 3.05) is 0 Å². The zero-order chi connectivity index (χ0) is 14.4. The van der Waals surface area contributed by atoms with Crippen LogP contribution in [0.1, 0.15) is 31.1 Å². The van der Waals surface area contributed by atoms with Gasteiger partial charge in [0.2, 0.25) is 6.54 Å². The van der Waals surface area contributed by atoms with E-state index in [1.807, 2.05) is 0 Å². The summed E-state index contributed by atoms with van der Waals surface area (Å²) in [7, 11) is 0. The van der Waals surface area contributed by atoms with Crippen molar-refractivity contribution in [3.8, 4) is 0 Å². The van der Waals surface area contributed by atoms with Crippen LogP contribution in [0.3, 0.4) is 0 Å². The van der Waals surface area contributed by atoms with Crippen LogP contribution < -0.4 is 15.2 Å². The van der Waals surface area contributed by atoms with Gasteiger partial charge in [-0.15, -0.1) is 0 Å². The largest absolute Gasteiger partial charge is 0.336 e. The second-order valence-electron chi connectivity index (χ2n) is 4.50. The minimum absolute atomic E-state index is 0.0212. The monoisotopic (exact) mass is 264 g/mol. The fourth-order valence-corrected chi connectivity index (χ4v) is 1.46. The van der Waals surface area contributed by atoms with Crippen LogP contribution in [0, 0.1) is 0 Å². The van der Waals surface area contributed by atoms with Gasteiger partial charge in [-0.25, -0.2) is 4.79 Å². The van der Waals surface area contributed by atoms with Crippen LogP contribution in [-0.2, 0) is 11.3 Å². The summed E-state index contributed by atoms with van der Waals surface area (Å²) in [4.78, 5) is 34.1. The standard InChI is InChI=1S/C13H17N3O3/c1-9(2)14-13(19)15-12(18)8-16-6-4-5-11(7-16)10(3)17/h4-7,9H,8H2,1-3H3,(H-,14,15,18,19)/p+1. The highest BCUT2D eigenvalue weighted by molar-refractivity contribution is 5.94. The van der Waals surface area contributed by atoms with Gasteiger partial charge in [0.25, 0.3) is 5.91 Å². The Morgan fingerprint density at radius 3 is 2.58 bits per heavy atom. The first-order valence-corrected chi connectivity index (χ1v) is 5.99. The Morgan fingerprint density at radius 2 is 2.00 bits per heavy atom. The van der Waals surface area contributed by atoms with Crippen molar-refractivity contribution >= 4 is 17.7 Å². The summed E-state index contributed by atoms with van der Waals surface area (Å²) in [5.74, 6) is -0.517. The zero-order valence-electron chi connectivity index (χ0n) is 11.3. The molecule has 0 aliphatic heterocycles. The molecule has 0 atom stereocenters. The summed E-state index contributed by atoms with van der Waals surface area (Å²) >= 11 is 0. The van der Waals surface area contributed by atoms with E-state index in [0.29, 0.717) is 5.56 Å². The fraction of sp³-hybridized carbons (Fsp3) is 0.385. The molecule has 0 spiro atoms. The van der Waals surface area contributed by atoms with E-state index in [1.54, 1.807) is 42.9 Å². The molecule has 1 heterocycles. The second-order valence-corrected chi connectivity index (χ2v) is 4.50. The highest BCUT2D eigenvalue weighted by atomic mass is 16.2. The van der Waals surface area contributed by atoms with Gasteiger partial charge in [-0.1, -0.05) is 0 Å². The van der Waals surface area contributed by atoms with Gasteiger partial charge in [0, 0.05) is 12.1 Å². The van der Waals surface area contributed by atoms with E-state index in [9.17, 15) is 14.4 Å². The van der Waals surface area contributed by atoms with E-state index in [4.69, 9.17) is 0 Å². The SMILES string of the molecule is CC(=O)c1ccc[n+](CC(=O)NC(=O)NC(C)C)c1. The van der Waals surface area contributed by atoms with E-state index in [1.165, 1.54) is 6.92 Å². The Labute approximate surface area is 111 Å². The van der Waals surface area contributed by atoms with Crippen LogP contribution in [0.4, 0.5) is 4.79 Å². The number of rotatable bonds is 4. The molecule has 0 radical (unpaired) electrons. The number of carbonyl (C=O) groups is 3. The van der Waals surface area contributed by atoms with Gasteiger partial charge in [0.05, 0.1) is 5.56 Å². The molecule has 0 saturated carbocycles. The number of urea groups is 1. The molecule has 0 aliphatic rings. The molecule has 6 heteroatoms. The number of imide groups is 1. The second kappa shape index (κ2) is 6.63. The van der Waals surface area contributed by atoms with Crippen molar-refractivity contribution < 1.29 is 19.0 Å². The first-order valence-electron chi connectivity index (χ1n) is 5.99. The number of hydrogen-bond acceptors (Lipinski definition) is 3. The first-order chi connectivity index (χ1) is 8.88. The Bertz CT molecular complexity index is 498. The third kappa shape index (κ3) is 5.29. The molecule has 1 aromatic rings. The number of pyridine rings is 1. The van der Waals surface area contributed by atoms with Gasteiger partial charge >= 0.3 is 6.03 Å². The molecule has 0 bridgehead atoms. The number of Topliss-reactive ketones (excluding diaryl/α,β-unsaturated/α-hetero) is 1. The summed E-state index contributed by atoms with van der Waals surface area (Å²) < 4.78 is 1.55. The number of ketones is 1. The van der Waals surface area contributed by atoms with Crippen molar-refractivity contribution in [2.24, 2.45) is 0 Å². The Balaban J connectivity index is 2.59. The molecule has 0 fully saturated rings. The van der Waals surface area contributed by atoms with Gasteiger partial charge < -0.3 is 5.32 Å². The van der Waals surface area contributed by atoms with Gasteiger partial charge in [-0.2, -0.15) is 4.57 Å². The molecule has 6 nitrogen and oxygen atoms in total. The summed E-state index contributed by atoms with van der Waals surface area (Å²) in [6, 6.07) is 2.78. The molecular formula is C13H18N3O3+. The lowest BCUT2D eigenvalue weighted by molar-refractivity contribution is -0.684. The lowest BCUT2D eigenvalue weighted by Crippen LogP contribution is -2.48. The zero-order valence-corrected chi connectivity index (χ0v) is 11.3. The first kappa shape index (κ1) is 14.8. The average Bonchev–Trinajstić information content (AvgIpc) is 2.27. The predicted octanol–water partition coefficient (Wildman–Crippen LogP) is 0.411. The van der Waals surface area contributed by atoms with Crippen LogP contribution in [0.2, 0.25) is 0 Å². The Morgan fingerprint density at radius 1 is 1.32 bits per heavy atom. The van der Waals surface area contributed by atoms with E-state index in [-0.39, 0.29) is 18.4 Å². The quantitative estimate of drug-likeness (QED) is 0.610. The number of nitrogens with one attached hydrogen (secondary N) is 2. The average molecular weight is 264 g/mol. The van der Waals surface area contributed by atoms with Crippen LogP contribution in [0.25, 0.3) is 0 Å². The molecule has 0 saturated heterocycles. The molecule has 0 aliphatic carbocycles. The molecule has 0 unspecified atom stereocenters. The van der Waals surface area contributed by atoms with Crippen molar-refractivity contribution in [3.63, 3.8) is 0 Å². The maximum Gasteiger partial charge on any atom is 0.321 e. The number of nitrogens with zero attached hydrogens (tertiary/aromatic N) is 1. The number of aromatic nitrogens is 1. The lowest BCUT2D eigenvalue weighted by atomic mass is 10.2. The van der Waals surface area contributed by atoms with E-state index in [2.05, 4.69) is 10.6 Å². The van der Waals surface area contributed by atoms with Crippen molar-refractivity contribution in [3.05, 3.63) is 30.1 Å². The molecule has 19 heavy (non-hydrogen) atoms. The van der Waals surface area contributed by atoms with Gasteiger partial charge in [-0.3, -0.25) is 14.9 Å². The van der Waals surface area contributed by atoms with Crippen LogP contribution >= 0.6 is 0 Å². The smallest absolute Gasteiger partial charge is 0.321 e. The van der Waals surface area contributed by atoms with E-state index in [0.717, 1.165) is 0 Å². The lowest BCUT2D eigenvalue weighted by Gasteiger charge is -2.07. The number of carbonyl (C=O) groups excluding carboxylic acids is 3. The molecule has 1 aromatic heterocycles. The third-order valence-corrected chi connectivity index (χ3v) is 2.26. The maximum atomic E-state index is 11.6. The third-order valence-electron chi connectivity index (χ3n) is 2.26. The Hall–Kier alpha value is -2.24. The van der Waals surface area contributed by atoms with E-state index < -0.39 is 11.9 Å². The van der Waals surface area contributed by atoms with Crippen molar-refractivity contribution in [1.29, 1.82) is 0 Å². The van der Waals surface area contributed by atoms with Crippen LogP contribution in [-0.4, -0.2) is 23.8 Å². The van der Waals surface area contributed by atoms with Gasteiger partial charge in [-0.05, 0) is 26.8 Å². The minimum atomic E-state index is -0.525.